The van der Waals surface area contributed by atoms with Gasteiger partial charge in [0.05, 0.1) is 22.3 Å². The van der Waals surface area contributed by atoms with Gasteiger partial charge in [0.1, 0.15) is 6.04 Å². The molecule has 11 heteroatoms. The summed E-state index contributed by atoms with van der Waals surface area (Å²) in [7, 11) is 0. The van der Waals surface area contributed by atoms with Crippen LogP contribution in [-0.2, 0) is 16.1 Å². The molecule has 1 aliphatic rings. The fourth-order valence-electron chi connectivity index (χ4n) is 3.76. The van der Waals surface area contributed by atoms with Gasteiger partial charge in [-0.05, 0) is 42.7 Å². The Morgan fingerprint density at radius 1 is 1.18 bits per heavy atom. The molecule has 0 aliphatic carbocycles. The van der Waals surface area contributed by atoms with Gasteiger partial charge < -0.3 is 15.3 Å². The Balaban J connectivity index is 1.90. The summed E-state index contributed by atoms with van der Waals surface area (Å²) < 4.78 is 0. The predicted octanol–water partition coefficient (Wildman–Crippen LogP) is 4.15. The highest BCUT2D eigenvalue weighted by Gasteiger charge is 2.36. The molecular weight excluding hydrogens is 469 g/mol. The van der Waals surface area contributed by atoms with Crippen molar-refractivity contribution in [3.8, 4) is 0 Å². The molecule has 2 aromatic carbocycles. The zero-order valence-corrected chi connectivity index (χ0v) is 19.3. The Kier molecular flexibility index (Phi) is 7.78. The largest absolute Gasteiger partial charge is 0.465 e. The number of anilines is 2. The maximum absolute atomic E-state index is 13.5. The lowest BCUT2D eigenvalue weighted by Gasteiger charge is -2.31. The van der Waals surface area contributed by atoms with Crippen molar-refractivity contribution in [3.63, 3.8) is 0 Å². The van der Waals surface area contributed by atoms with E-state index >= 15 is 0 Å². The van der Waals surface area contributed by atoms with Crippen LogP contribution in [0.5, 0.6) is 0 Å². The van der Waals surface area contributed by atoms with Gasteiger partial charge >= 0.3 is 6.09 Å². The minimum absolute atomic E-state index is 0.142. The number of amides is 3. The van der Waals surface area contributed by atoms with Crippen molar-refractivity contribution in [2.24, 2.45) is 0 Å². The van der Waals surface area contributed by atoms with E-state index in [2.05, 4.69) is 5.32 Å². The Labute approximate surface area is 200 Å². The van der Waals surface area contributed by atoms with Crippen LogP contribution in [0.2, 0.25) is 10.0 Å². The van der Waals surface area contributed by atoms with Crippen LogP contribution >= 0.6 is 23.2 Å². The smallest absolute Gasteiger partial charge is 0.411 e. The van der Waals surface area contributed by atoms with Gasteiger partial charge in [0.15, 0.2) is 0 Å². The molecule has 33 heavy (non-hydrogen) atoms. The molecule has 1 saturated heterocycles. The second-order valence-electron chi connectivity index (χ2n) is 7.51. The second kappa shape index (κ2) is 10.5. The summed E-state index contributed by atoms with van der Waals surface area (Å²) >= 11 is 12.5. The zero-order chi connectivity index (χ0) is 24.1. The average molecular weight is 492 g/mol. The van der Waals surface area contributed by atoms with Gasteiger partial charge in [0, 0.05) is 19.2 Å². The zero-order valence-electron chi connectivity index (χ0n) is 17.8. The molecule has 1 fully saturated rings. The van der Waals surface area contributed by atoms with Crippen molar-refractivity contribution < 1.29 is 19.5 Å². The molecule has 9 nitrogen and oxygen atoms in total. The summed E-state index contributed by atoms with van der Waals surface area (Å²) in [6.45, 7) is 1.84. The molecule has 1 unspecified atom stereocenters. The van der Waals surface area contributed by atoms with Crippen molar-refractivity contribution >= 4 is 58.4 Å². The summed E-state index contributed by atoms with van der Waals surface area (Å²) in [5, 5.41) is 22.1. The van der Waals surface area contributed by atoms with Crippen LogP contribution in [-0.4, -0.2) is 46.5 Å². The summed E-state index contributed by atoms with van der Waals surface area (Å²) in [5.74, 6) is -1.35. The molecule has 2 aromatic rings. The molecule has 0 aromatic heterocycles. The standard InChI is InChI=1S/C22H23Cl2N5O4/c1-13(30)26-19-16(23)10-14(11-17(19)24)12-29(21(25)27-22(32)33)20(31)18-8-5-9-28(18)15-6-3-2-4-7-15/h2-4,6-7,10-11,18H,5,8-9,12H2,1H3,(H2,25,27)(H,26,30)(H,32,33). The van der Waals surface area contributed by atoms with Crippen LogP contribution in [0.3, 0.4) is 0 Å². The van der Waals surface area contributed by atoms with Crippen molar-refractivity contribution in [3.05, 3.63) is 58.1 Å². The van der Waals surface area contributed by atoms with E-state index < -0.39 is 24.0 Å². The molecule has 1 heterocycles. The van der Waals surface area contributed by atoms with Crippen LogP contribution in [0, 0.1) is 5.41 Å². The molecule has 0 spiro atoms. The number of hydrogen-bond acceptors (Lipinski definition) is 5. The lowest BCUT2D eigenvalue weighted by molar-refractivity contribution is -0.129. The Hall–Kier alpha value is -3.30. The normalized spacial score (nSPS) is 15.1. The third-order valence-electron chi connectivity index (χ3n) is 5.13. The van der Waals surface area contributed by atoms with Gasteiger partial charge in [0.25, 0.3) is 5.91 Å². The number of nitrogens with one attached hydrogen (secondary N) is 3. The number of halogens is 2. The summed E-state index contributed by atoms with van der Waals surface area (Å²) in [6.07, 6.45) is -0.114. The number of nitrogens with zero attached hydrogens (tertiary/aromatic N) is 2. The molecule has 0 radical (unpaired) electrons. The maximum atomic E-state index is 13.5. The number of guanidine groups is 1. The van der Waals surface area contributed by atoms with E-state index in [0.717, 1.165) is 17.0 Å². The Morgan fingerprint density at radius 2 is 1.82 bits per heavy atom. The van der Waals surface area contributed by atoms with Crippen LogP contribution in [0.25, 0.3) is 0 Å². The quantitative estimate of drug-likeness (QED) is 0.369. The molecule has 1 atom stereocenters. The van der Waals surface area contributed by atoms with E-state index in [1.165, 1.54) is 19.1 Å². The molecule has 4 N–H and O–H groups in total. The first kappa shape index (κ1) is 24.3. The Bertz CT molecular complexity index is 1060. The molecule has 0 bridgehead atoms. The number of carbonyl (C=O) groups excluding carboxylic acids is 2. The number of para-hydroxylation sites is 1. The summed E-state index contributed by atoms with van der Waals surface area (Å²) in [5.41, 5.74) is 1.57. The van der Waals surface area contributed by atoms with Gasteiger partial charge in [-0.1, -0.05) is 41.4 Å². The third-order valence-corrected chi connectivity index (χ3v) is 5.73. The van der Waals surface area contributed by atoms with Gasteiger partial charge in [-0.3, -0.25) is 25.2 Å². The minimum Gasteiger partial charge on any atom is -0.465 e. The molecule has 0 saturated carbocycles. The number of hydrogen-bond donors (Lipinski definition) is 4. The van der Waals surface area contributed by atoms with Crippen molar-refractivity contribution in [2.75, 3.05) is 16.8 Å². The number of carboxylic acid groups (broad SMARTS) is 1. The van der Waals surface area contributed by atoms with Crippen molar-refractivity contribution in [1.29, 1.82) is 5.41 Å². The number of carbonyl (C=O) groups is 3. The molecule has 174 valence electrons. The lowest BCUT2D eigenvalue weighted by atomic mass is 10.1. The summed E-state index contributed by atoms with van der Waals surface area (Å²) in [6, 6.07) is 11.9. The van der Waals surface area contributed by atoms with Crippen LogP contribution in [0.15, 0.2) is 42.5 Å². The van der Waals surface area contributed by atoms with Gasteiger partial charge in [-0.15, -0.1) is 0 Å². The number of rotatable bonds is 5. The van der Waals surface area contributed by atoms with Crippen LogP contribution < -0.4 is 15.5 Å². The SMILES string of the molecule is CC(=O)Nc1c(Cl)cc(CN(C(=N)NC(=O)O)C(=O)C2CCCN2c2ccccc2)cc1Cl. The van der Waals surface area contributed by atoms with Gasteiger partial charge in [-0.2, -0.15) is 0 Å². The first-order valence-electron chi connectivity index (χ1n) is 10.1. The number of benzene rings is 2. The van der Waals surface area contributed by atoms with E-state index in [0.29, 0.717) is 18.5 Å². The summed E-state index contributed by atoms with van der Waals surface area (Å²) in [4.78, 5) is 39.1. The monoisotopic (exact) mass is 491 g/mol. The van der Waals surface area contributed by atoms with E-state index in [1.807, 2.05) is 40.5 Å². The predicted molar refractivity (Wildman–Crippen MR) is 127 cm³/mol. The fraction of sp³-hybridized carbons (Fsp3) is 0.273. The lowest BCUT2D eigenvalue weighted by Crippen LogP contribution is -2.52. The van der Waals surface area contributed by atoms with Crippen LogP contribution in [0.4, 0.5) is 16.2 Å². The molecule has 3 amide bonds. The fourth-order valence-corrected chi connectivity index (χ4v) is 4.39. The van der Waals surface area contributed by atoms with Gasteiger partial charge in [-0.25, -0.2) is 4.79 Å². The second-order valence-corrected chi connectivity index (χ2v) is 8.32. The first-order chi connectivity index (χ1) is 15.7. The maximum Gasteiger partial charge on any atom is 0.411 e. The highest BCUT2D eigenvalue weighted by Crippen LogP contribution is 2.33. The highest BCUT2D eigenvalue weighted by molar-refractivity contribution is 6.39. The van der Waals surface area contributed by atoms with Crippen molar-refractivity contribution in [2.45, 2.75) is 32.4 Å². The average Bonchev–Trinajstić information content (AvgIpc) is 3.24. The molecule has 3 rings (SSSR count). The molecule has 1 aliphatic heterocycles. The first-order valence-corrected chi connectivity index (χ1v) is 10.9. The van der Waals surface area contributed by atoms with Crippen molar-refractivity contribution in [1.82, 2.24) is 10.2 Å². The van der Waals surface area contributed by atoms with E-state index in [4.69, 9.17) is 33.7 Å². The van der Waals surface area contributed by atoms with E-state index in [1.54, 1.807) is 0 Å². The Morgan fingerprint density at radius 3 is 2.39 bits per heavy atom. The third kappa shape index (κ3) is 5.94. The molecular formula is C22H23Cl2N5O4. The topological polar surface area (TPSA) is 126 Å². The minimum atomic E-state index is -1.46. The van der Waals surface area contributed by atoms with E-state index in [9.17, 15) is 14.4 Å². The van der Waals surface area contributed by atoms with Crippen LogP contribution in [0.1, 0.15) is 25.3 Å². The highest BCUT2D eigenvalue weighted by atomic mass is 35.5. The van der Waals surface area contributed by atoms with E-state index in [-0.39, 0.29) is 28.2 Å². The van der Waals surface area contributed by atoms with Gasteiger partial charge in [0.2, 0.25) is 11.9 Å².